The van der Waals surface area contributed by atoms with Gasteiger partial charge >= 0.3 is 0 Å². The van der Waals surface area contributed by atoms with Gasteiger partial charge in [-0.1, -0.05) is 41.7 Å². The van der Waals surface area contributed by atoms with Crippen molar-refractivity contribution in [2.75, 3.05) is 66.9 Å². The Hall–Kier alpha value is -4.96. The highest BCUT2D eigenvalue weighted by Gasteiger charge is 2.28. The molecule has 6 aromatic rings. The van der Waals surface area contributed by atoms with Crippen molar-refractivity contribution in [3.05, 3.63) is 119 Å². The summed E-state index contributed by atoms with van der Waals surface area (Å²) in [6, 6.07) is 23.2. The van der Waals surface area contributed by atoms with Gasteiger partial charge in [-0.25, -0.2) is 35.9 Å². The second kappa shape index (κ2) is 18.8. The Morgan fingerprint density at radius 2 is 1.74 bits per heavy atom. The van der Waals surface area contributed by atoms with E-state index in [2.05, 4.69) is 30.2 Å². The third kappa shape index (κ3) is 10.4. The average molecular weight is 936 g/mol. The molecule has 0 aliphatic carbocycles. The zero-order chi connectivity index (χ0) is 43.4. The van der Waals surface area contributed by atoms with Crippen LogP contribution in [0.3, 0.4) is 0 Å². The minimum Gasteiger partial charge on any atom is -0.380 e. The van der Waals surface area contributed by atoms with Gasteiger partial charge in [0, 0.05) is 66.6 Å². The van der Waals surface area contributed by atoms with Crippen molar-refractivity contribution in [2.24, 2.45) is 0 Å². The molecular formula is C42H42FN7O7S5. The first-order chi connectivity index (χ1) is 29.8. The minimum absolute atomic E-state index is 0.140. The van der Waals surface area contributed by atoms with Crippen molar-refractivity contribution in [2.45, 2.75) is 40.1 Å². The van der Waals surface area contributed by atoms with Crippen molar-refractivity contribution in [1.82, 2.24) is 19.6 Å². The van der Waals surface area contributed by atoms with Crippen LogP contribution < -0.4 is 20.3 Å². The molecule has 4 aromatic carbocycles. The molecule has 2 amide bonds. The molecule has 2 aromatic heterocycles. The lowest BCUT2D eigenvalue weighted by molar-refractivity contribution is 0.0370. The summed E-state index contributed by atoms with van der Waals surface area (Å²) in [5.41, 5.74) is 2.87. The highest BCUT2D eigenvalue weighted by atomic mass is 32.2. The van der Waals surface area contributed by atoms with Gasteiger partial charge in [-0.05, 0) is 78.6 Å². The van der Waals surface area contributed by atoms with E-state index in [1.54, 1.807) is 23.9 Å². The van der Waals surface area contributed by atoms with Gasteiger partial charge in [0.25, 0.3) is 21.8 Å². The standard InChI is InChI=1S/C42H42FN7O7S5/c1-61(53,54)38-23-31(11-13-35(38)44-29(15-16-49-18-20-57-21-19-49)25-58-30-7-3-2-4-8-30)62(55,56)48-40(52)36-26-59-42(46-36)50-17-14-27-6-5-9-32(33(27)24-50)39(51)47-41-45-34-12-10-28(43)22-37(34)60-41/h2-13,22-23,26,29,44H,14-21,24-25H2,1H3,(H,48,52)(H,45,47,51)/t29-/m1/s1. The minimum atomic E-state index is -4.54. The SMILES string of the molecule is CS(=O)(=O)c1cc(S(=O)(=O)NC(=O)c2csc(N3CCc4cccc(C(=O)Nc5nc6ccc(F)cc6s5)c4C3)n2)ccc1N[C@H](CCN1CCOCC1)CSc1ccccc1. The molecule has 0 spiro atoms. The third-order valence-corrected chi connectivity index (χ3v) is 15.9. The zero-order valence-electron chi connectivity index (χ0n) is 33.4. The third-order valence-electron chi connectivity index (χ3n) is 10.4. The maximum atomic E-state index is 13.7. The fraction of sp³-hybridized carbons (Fsp3) is 0.286. The van der Waals surface area contributed by atoms with Crippen LogP contribution in [0.25, 0.3) is 10.2 Å². The molecular weight excluding hydrogens is 894 g/mol. The maximum absolute atomic E-state index is 13.7. The number of hydrogen-bond donors (Lipinski definition) is 3. The number of amides is 2. The quantitative estimate of drug-likeness (QED) is 0.0949. The van der Waals surface area contributed by atoms with E-state index in [0.29, 0.717) is 70.9 Å². The van der Waals surface area contributed by atoms with Crippen LogP contribution in [0.1, 0.15) is 38.4 Å². The van der Waals surface area contributed by atoms with Crippen LogP contribution in [-0.2, 0) is 37.6 Å². The molecule has 2 aliphatic rings. The Labute approximate surface area is 370 Å². The molecule has 1 atom stereocenters. The summed E-state index contributed by atoms with van der Waals surface area (Å²) in [6.45, 7) is 4.51. The number of benzene rings is 4. The number of ether oxygens (including phenoxy) is 1. The van der Waals surface area contributed by atoms with E-state index < -0.39 is 36.5 Å². The first kappa shape index (κ1) is 43.7. The van der Waals surface area contributed by atoms with Gasteiger partial charge in [-0.2, -0.15) is 0 Å². The van der Waals surface area contributed by atoms with Gasteiger partial charge in [-0.15, -0.1) is 23.1 Å². The first-order valence-corrected chi connectivity index (χ1v) is 25.7. The van der Waals surface area contributed by atoms with Gasteiger partial charge in [0.1, 0.15) is 11.5 Å². The summed E-state index contributed by atoms with van der Waals surface area (Å²) in [4.78, 5) is 40.5. The number of hydrogen-bond acceptors (Lipinski definition) is 15. The summed E-state index contributed by atoms with van der Waals surface area (Å²) in [5, 5.41) is 8.46. The van der Waals surface area contributed by atoms with Gasteiger partial charge in [-0.3, -0.25) is 19.8 Å². The number of rotatable bonds is 15. The molecule has 0 saturated carbocycles. The normalized spacial score (nSPS) is 15.2. The number of sulfonamides is 1. The Balaban J connectivity index is 0.948. The number of nitrogens with one attached hydrogen (secondary N) is 3. The second-order valence-corrected chi connectivity index (χ2v) is 21.4. The summed E-state index contributed by atoms with van der Waals surface area (Å²) >= 11 is 3.96. The van der Waals surface area contributed by atoms with E-state index in [9.17, 15) is 30.8 Å². The number of carbonyl (C=O) groups is 2. The summed E-state index contributed by atoms with van der Waals surface area (Å²) in [5.74, 6) is -1.12. The smallest absolute Gasteiger partial charge is 0.284 e. The lowest BCUT2D eigenvalue weighted by Gasteiger charge is -2.29. The highest BCUT2D eigenvalue weighted by Crippen LogP contribution is 2.32. The second-order valence-electron chi connectivity index (χ2n) is 14.8. The summed E-state index contributed by atoms with van der Waals surface area (Å²) in [6.07, 6.45) is 2.30. The number of halogens is 1. The zero-order valence-corrected chi connectivity index (χ0v) is 37.5. The molecule has 0 unspecified atom stereocenters. The highest BCUT2D eigenvalue weighted by molar-refractivity contribution is 7.99. The summed E-state index contributed by atoms with van der Waals surface area (Å²) < 4.78 is 75.5. The molecule has 8 rings (SSSR count). The number of thioether (sulfide) groups is 1. The lowest BCUT2D eigenvalue weighted by Crippen LogP contribution is -2.39. The molecule has 0 bridgehead atoms. The summed E-state index contributed by atoms with van der Waals surface area (Å²) in [7, 11) is -8.48. The van der Waals surface area contributed by atoms with Crippen LogP contribution in [0.15, 0.2) is 105 Å². The molecule has 3 N–H and O–H groups in total. The number of fused-ring (bicyclic) bond motifs is 2. The fourth-order valence-electron chi connectivity index (χ4n) is 7.21. The van der Waals surface area contributed by atoms with Crippen LogP contribution >= 0.6 is 34.4 Å². The van der Waals surface area contributed by atoms with E-state index in [1.807, 2.05) is 47.4 Å². The number of thiazole rings is 2. The van der Waals surface area contributed by atoms with Crippen LogP contribution in [0.4, 0.5) is 20.3 Å². The fourth-order valence-corrected chi connectivity index (χ4v) is 11.9. The van der Waals surface area contributed by atoms with Crippen LogP contribution in [0.2, 0.25) is 0 Å². The number of aromatic nitrogens is 2. The molecule has 0 radical (unpaired) electrons. The number of nitrogens with zero attached hydrogens (tertiary/aromatic N) is 4. The predicted octanol–water partition coefficient (Wildman–Crippen LogP) is 6.52. The van der Waals surface area contributed by atoms with Crippen molar-refractivity contribution in [1.29, 1.82) is 0 Å². The van der Waals surface area contributed by atoms with E-state index in [0.717, 1.165) is 59.3 Å². The van der Waals surface area contributed by atoms with Gasteiger partial charge in [0.05, 0.1) is 38.9 Å². The van der Waals surface area contributed by atoms with Crippen molar-refractivity contribution in [3.63, 3.8) is 0 Å². The van der Waals surface area contributed by atoms with E-state index >= 15 is 0 Å². The molecule has 2 aliphatic heterocycles. The van der Waals surface area contributed by atoms with Crippen LogP contribution in [-0.4, -0.2) is 101 Å². The molecule has 324 valence electrons. The number of morpholine rings is 1. The lowest BCUT2D eigenvalue weighted by atomic mass is 9.94. The average Bonchev–Trinajstić information content (AvgIpc) is 3.92. The molecule has 4 heterocycles. The van der Waals surface area contributed by atoms with Gasteiger partial charge in [0.15, 0.2) is 20.1 Å². The van der Waals surface area contributed by atoms with Crippen LogP contribution in [0.5, 0.6) is 0 Å². The predicted molar refractivity (Wildman–Crippen MR) is 241 cm³/mol. The molecule has 62 heavy (non-hydrogen) atoms. The van der Waals surface area contributed by atoms with Crippen molar-refractivity contribution in [3.8, 4) is 0 Å². The molecule has 14 nitrogen and oxygen atoms in total. The van der Waals surface area contributed by atoms with E-state index in [-0.39, 0.29) is 28.2 Å². The Kier molecular flexibility index (Phi) is 13.2. The monoisotopic (exact) mass is 935 g/mol. The van der Waals surface area contributed by atoms with Gasteiger partial charge < -0.3 is 15.0 Å². The Morgan fingerprint density at radius 1 is 0.935 bits per heavy atom. The van der Waals surface area contributed by atoms with Crippen molar-refractivity contribution < 1.29 is 35.6 Å². The maximum Gasteiger partial charge on any atom is 0.284 e. The molecule has 1 saturated heterocycles. The van der Waals surface area contributed by atoms with Crippen LogP contribution in [0, 0.1) is 5.82 Å². The number of sulfone groups is 1. The Morgan fingerprint density at radius 3 is 2.53 bits per heavy atom. The van der Waals surface area contributed by atoms with E-state index in [4.69, 9.17) is 4.74 Å². The van der Waals surface area contributed by atoms with Gasteiger partial charge in [0.2, 0.25) is 0 Å². The first-order valence-electron chi connectivity index (χ1n) is 19.6. The number of carbonyl (C=O) groups excluding carboxylic acids is 2. The largest absolute Gasteiger partial charge is 0.380 e. The molecule has 20 heteroatoms. The topological polar surface area (TPSA) is 180 Å². The molecule has 1 fully saturated rings. The Bertz CT molecular complexity index is 2830. The number of anilines is 3. The van der Waals surface area contributed by atoms with Crippen molar-refractivity contribution >= 4 is 92.3 Å². The van der Waals surface area contributed by atoms with E-state index in [1.165, 1.54) is 41.0 Å².